The molecular formula is C22H28N6O2S2. The van der Waals surface area contributed by atoms with Gasteiger partial charge in [0.2, 0.25) is 16.0 Å². The Morgan fingerprint density at radius 2 is 2.06 bits per heavy atom. The first-order valence-corrected chi connectivity index (χ1v) is 13.2. The van der Waals surface area contributed by atoms with Gasteiger partial charge in [0.05, 0.1) is 15.8 Å². The molecule has 170 valence electrons. The average Bonchev–Trinajstić information content (AvgIpc) is 3.47. The minimum atomic E-state index is -3.46. The maximum absolute atomic E-state index is 13.1. The van der Waals surface area contributed by atoms with Crippen LogP contribution in [0.15, 0.2) is 29.6 Å². The van der Waals surface area contributed by atoms with Gasteiger partial charge in [-0.3, -0.25) is 4.31 Å². The maximum atomic E-state index is 13.1. The molecule has 3 N–H and O–H groups in total. The van der Waals surface area contributed by atoms with Gasteiger partial charge in [-0.25, -0.2) is 13.4 Å². The molecule has 32 heavy (non-hydrogen) atoms. The predicted molar refractivity (Wildman–Crippen MR) is 132 cm³/mol. The van der Waals surface area contributed by atoms with Crippen LogP contribution in [-0.4, -0.2) is 48.8 Å². The smallest absolute Gasteiger partial charge is 0.240 e. The second-order valence-corrected chi connectivity index (χ2v) is 12.8. The van der Waals surface area contributed by atoms with E-state index in [1.807, 2.05) is 29.6 Å². The molecule has 1 atom stereocenters. The third kappa shape index (κ3) is 3.80. The van der Waals surface area contributed by atoms with Crippen molar-refractivity contribution >= 4 is 54.7 Å². The number of rotatable bonds is 5. The minimum Gasteiger partial charge on any atom is -0.350 e. The number of hydrogen-bond acceptors (Lipinski definition) is 8. The van der Waals surface area contributed by atoms with Crippen LogP contribution in [0, 0.1) is 0 Å². The van der Waals surface area contributed by atoms with Crippen molar-refractivity contribution in [3.05, 3.63) is 35.2 Å². The first-order valence-electron chi connectivity index (χ1n) is 10.9. The first kappa shape index (κ1) is 21.4. The third-order valence-corrected chi connectivity index (χ3v) is 9.30. The summed E-state index contributed by atoms with van der Waals surface area (Å²) in [7, 11) is -3.46. The molecule has 0 amide bonds. The fourth-order valence-electron chi connectivity index (χ4n) is 4.12. The third-order valence-electron chi connectivity index (χ3n) is 5.98. The second kappa shape index (κ2) is 7.86. The van der Waals surface area contributed by atoms with Crippen LogP contribution in [0.2, 0.25) is 0 Å². The van der Waals surface area contributed by atoms with Crippen molar-refractivity contribution in [2.45, 2.75) is 44.4 Å². The monoisotopic (exact) mass is 472 g/mol. The predicted octanol–water partition coefficient (Wildman–Crippen LogP) is 3.70. The van der Waals surface area contributed by atoms with Crippen molar-refractivity contribution < 1.29 is 8.42 Å². The summed E-state index contributed by atoms with van der Waals surface area (Å²) in [6.45, 7) is 7.59. The highest BCUT2D eigenvalue weighted by molar-refractivity contribution is 7.94. The van der Waals surface area contributed by atoms with Crippen LogP contribution in [0.25, 0.3) is 10.2 Å². The topological polar surface area (TPSA) is 99.2 Å². The van der Waals surface area contributed by atoms with Crippen molar-refractivity contribution in [1.82, 2.24) is 15.3 Å². The van der Waals surface area contributed by atoms with Crippen molar-refractivity contribution in [3.63, 3.8) is 0 Å². The number of thiophene rings is 1. The highest BCUT2D eigenvalue weighted by Crippen LogP contribution is 2.37. The van der Waals surface area contributed by atoms with E-state index in [4.69, 9.17) is 4.98 Å². The fraction of sp³-hybridized carbons (Fsp3) is 0.455. The van der Waals surface area contributed by atoms with Crippen molar-refractivity contribution in [3.8, 4) is 0 Å². The SMILES string of the molecule is CC(C)(C)S(=O)(=O)N1CCc2ccc(Nc3nc(NC4CCNC4)nc4sccc34)cc21. The Kier molecular flexibility index (Phi) is 5.26. The van der Waals surface area contributed by atoms with Gasteiger partial charge < -0.3 is 16.0 Å². The van der Waals surface area contributed by atoms with E-state index in [1.165, 1.54) is 0 Å². The molecule has 2 aliphatic heterocycles. The number of benzene rings is 1. The molecule has 2 aliphatic rings. The van der Waals surface area contributed by atoms with E-state index in [0.29, 0.717) is 24.4 Å². The van der Waals surface area contributed by atoms with Gasteiger partial charge in [0.15, 0.2) is 0 Å². The van der Waals surface area contributed by atoms with E-state index in [0.717, 1.165) is 53.1 Å². The average molecular weight is 473 g/mol. The van der Waals surface area contributed by atoms with Crippen LogP contribution in [0.1, 0.15) is 32.8 Å². The Hall–Kier alpha value is -2.43. The minimum absolute atomic E-state index is 0.316. The van der Waals surface area contributed by atoms with Gasteiger partial charge >= 0.3 is 0 Å². The molecule has 1 fully saturated rings. The van der Waals surface area contributed by atoms with Crippen LogP contribution in [0.5, 0.6) is 0 Å². The van der Waals surface area contributed by atoms with Crippen LogP contribution >= 0.6 is 11.3 Å². The lowest BCUT2D eigenvalue weighted by Crippen LogP contribution is -2.42. The Bertz CT molecular complexity index is 1260. The number of hydrogen-bond donors (Lipinski definition) is 3. The van der Waals surface area contributed by atoms with Gasteiger partial charge in [-0.2, -0.15) is 4.98 Å². The van der Waals surface area contributed by atoms with Gasteiger partial charge in [0, 0.05) is 24.8 Å². The Balaban J connectivity index is 1.47. The first-order chi connectivity index (χ1) is 15.2. The number of sulfonamides is 1. The molecule has 4 heterocycles. The number of anilines is 4. The summed E-state index contributed by atoms with van der Waals surface area (Å²) >= 11 is 1.58. The lowest BCUT2D eigenvalue weighted by atomic mass is 10.1. The highest BCUT2D eigenvalue weighted by Gasteiger charge is 2.38. The summed E-state index contributed by atoms with van der Waals surface area (Å²) in [4.78, 5) is 10.3. The Labute approximate surface area is 192 Å². The molecule has 10 heteroatoms. The molecule has 3 aromatic rings. The quantitative estimate of drug-likeness (QED) is 0.521. The van der Waals surface area contributed by atoms with E-state index >= 15 is 0 Å². The van der Waals surface area contributed by atoms with Gasteiger partial charge in [0.25, 0.3) is 0 Å². The van der Waals surface area contributed by atoms with Crippen LogP contribution < -0.4 is 20.3 Å². The molecule has 0 bridgehead atoms. The molecular weight excluding hydrogens is 444 g/mol. The standard InChI is InChI=1S/C22H28N6O2S2/c1-22(2,3)32(29,30)28-10-7-14-4-5-15(12-18(14)28)24-19-17-8-11-31-20(17)27-21(26-19)25-16-6-9-23-13-16/h4-5,8,11-12,16,23H,6-7,9-10,13H2,1-3H3,(H2,24,25,26,27). The molecule has 1 saturated heterocycles. The lowest BCUT2D eigenvalue weighted by Gasteiger charge is -2.28. The lowest BCUT2D eigenvalue weighted by molar-refractivity contribution is 0.556. The van der Waals surface area contributed by atoms with Crippen LogP contribution in [-0.2, 0) is 16.4 Å². The second-order valence-electron chi connectivity index (χ2n) is 9.28. The summed E-state index contributed by atoms with van der Waals surface area (Å²) in [5.74, 6) is 1.32. The molecule has 1 unspecified atom stereocenters. The Morgan fingerprint density at radius 3 is 2.81 bits per heavy atom. The van der Waals surface area contributed by atoms with Crippen molar-refractivity contribution in [2.24, 2.45) is 0 Å². The summed E-state index contributed by atoms with van der Waals surface area (Å²) in [5.41, 5.74) is 2.60. The number of fused-ring (bicyclic) bond motifs is 2. The van der Waals surface area contributed by atoms with Gasteiger partial charge in [-0.15, -0.1) is 11.3 Å². The maximum Gasteiger partial charge on any atom is 0.240 e. The number of nitrogens with one attached hydrogen (secondary N) is 3. The van der Waals surface area contributed by atoms with E-state index < -0.39 is 14.8 Å². The summed E-state index contributed by atoms with van der Waals surface area (Å²) in [6, 6.07) is 8.23. The number of nitrogens with zero attached hydrogens (tertiary/aromatic N) is 3. The normalized spacial score (nSPS) is 18.8. The van der Waals surface area contributed by atoms with Gasteiger partial charge in [-0.05, 0) is 69.3 Å². The van der Waals surface area contributed by atoms with Crippen LogP contribution in [0.4, 0.5) is 23.1 Å². The van der Waals surface area contributed by atoms with E-state index in [-0.39, 0.29) is 0 Å². The molecule has 0 aliphatic carbocycles. The highest BCUT2D eigenvalue weighted by atomic mass is 32.2. The molecule has 0 saturated carbocycles. The molecule has 8 nitrogen and oxygen atoms in total. The van der Waals surface area contributed by atoms with Crippen LogP contribution in [0.3, 0.4) is 0 Å². The molecule has 2 aromatic heterocycles. The number of aromatic nitrogens is 2. The molecule has 5 rings (SSSR count). The molecule has 0 radical (unpaired) electrons. The summed E-state index contributed by atoms with van der Waals surface area (Å²) in [6.07, 6.45) is 1.76. The molecule has 1 aromatic carbocycles. The fourth-order valence-corrected chi connectivity index (χ4v) is 6.31. The molecule has 0 spiro atoms. The van der Waals surface area contributed by atoms with Crippen molar-refractivity contribution in [1.29, 1.82) is 0 Å². The summed E-state index contributed by atoms with van der Waals surface area (Å²) < 4.78 is 26.9. The largest absolute Gasteiger partial charge is 0.350 e. The zero-order chi connectivity index (χ0) is 22.5. The Morgan fingerprint density at radius 1 is 1.22 bits per heavy atom. The van der Waals surface area contributed by atoms with E-state index in [2.05, 4.69) is 20.9 Å². The van der Waals surface area contributed by atoms with Gasteiger partial charge in [0.1, 0.15) is 10.6 Å². The van der Waals surface area contributed by atoms with E-state index in [9.17, 15) is 8.42 Å². The zero-order valence-electron chi connectivity index (χ0n) is 18.5. The van der Waals surface area contributed by atoms with Gasteiger partial charge in [-0.1, -0.05) is 6.07 Å². The zero-order valence-corrected chi connectivity index (χ0v) is 20.1. The summed E-state index contributed by atoms with van der Waals surface area (Å²) in [5, 5.41) is 13.1. The van der Waals surface area contributed by atoms with E-state index in [1.54, 1.807) is 36.4 Å². The van der Waals surface area contributed by atoms with Crippen molar-refractivity contribution in [2.75, 3.05) is 34.6 Å².